The summed E-state index contributed by atoms with van der Waals surface area (Å²) in [5.41, 5.74) is 2.07. The minimum atomic E-state index is 0.545. The fraction of sp³-hybridized carbons (Fsp3) is 0.750. The van der Waals surface area contributed by atoms with Gasteiger partial charge in [0.1, 0.15) is 0 Å². The van der Waals surface area contributed by atoms with Crippen LogP contribution >= 0.6 is 11.3 Å². The van der Waals surface area contributed by atoms with Crippen LogP contribution in [0.5, 0.6) is 0 Å². The lowest BCUT2D eigenvalue weighted by Gasteiger charge is -2.38. The van der Waals surface area contributed by atoms with Gasteiger partial charge in [-0.1, -0.05) is 20.3 Å². The van der Waals surface area contributed by atoms with Gasteiger partial charge in [0.15, 0.2) is 0 Å². The first kappa shape index (κ1) is 15.0. The highest BCUT2D eigenvalue weighted by atomic mass is 32.1. The molecule has 2 N–H and O–H groups in total. The quantitative estimate of drug-likeness (QED) is 0.798. The molecule has 0 spiro atoms. The molecule has 0 atom stereocenters. The average molecular weight is 280 g/mol. The summed E-state index contributed by atoms with van der Waals surface area (Å²) in [6.07, 6.45) is 6.50. The first-order valence-corrected chi connectivity index (χ1v) is 8.64. The molecule has 0 saturated carbocycles. The molecular weight excluding hydrogens is 252 g/mol. The highest BCUT2D eigenvalue weighted by Gasteiger charge is 2.30. The second-order valence-electron chi connectivity index (χ2n) is 5.83. The molecule has 108 valence electrons. The topological polar surface area (TPSA) is 24.1 Å². The van der Waals surface area contributed by atoms with Crippen LogP contribution in [0.25, 0.3) is 0 Å². The second-order valence-corrected chi connectivity index (χ2v) is 6.83. The Morgan fingerprint density at radius 3 is 2.79 bits per heavy atom. The van der Waals surface area contributed by atoms with Crippen molar-refractivity contribution in [2.24, 2.45) is 5.41 Å². The smallest absolute Gasteiger partial charge is 0.0302 e. The largest absolute Gasteiger partial charge is 0.317 e. The van der Waals surface area contributed by atoms with Gasteiger partial charge in [-0.2, -0.15) is 0 Å². The molecule has 0 radical (unpaired) electrons. The Balaban J connectivity index is 1.85. The Hall–Kier alpha value is -0.380. The van der Waals surface area contributed by atoms with Crippen LogP contribution < -0.4 is 10.6 Å². The van der Waals surface area contributed by atoms with Crippen molar-refractivity contribution < 1.29 is 0 Å². The molecule has 0 aliphatic carbocycles. The maximum atomic E-state index is 3.74. The van der Waals surface area contributed by atoms with E-state index in [1.807, 2.05) is 11.3 Å². The first-order chi connectivity index (χ1) is 9.29. The normalized spacial score (nSPS) is 18.6. The summed E-state index contributed by atoms with van der Waals surface area (Å²) >= 11 is 1.90. The zero-order valence-electron chi connectivity index (χ0n) is 12.4. The van der Waals surface area contributed by atoms with E-state index in [2.05, 4.69) is 35.9 Å². The number of nitrogens with one attached hydrogen (secondary N) is 2. The molecular formula is C16H28N2S. The maximum Gasteiger partial charge on any atom is 0.0302 e. The molecule has 1 aromatic rings. The van der Waals surface area contributed by atoms with Gasteiger partial charge in [0.25, 0.3) is 0 Å². The van der Waals surface area contributed by atoms with Gasteiger partial charge in [-0.3, -0.25) is 0 Å². The van der Waals surface area contributed by atoms with Crippen molar-refractivity contribution in [1.82, 2.24) is 10.6 Å². The minimum absolute atomic E-state index is 0.545. The molecule has 1 fully saturated rings. The van der Waals surface area contributed by atoms with Gasteiger partial charge in [0.2, 0.25) is 0 Å². The molecule has 0 aromatic carbocycles. The van der Waals surface area contributed by atoms with Crippen molar-refractivity contribution in [3.63, 3.8) is 0 Å². The molecule has 1 aliphatic heterocycles. The third-order valence-corrected chi connectivity index (χ3v) is 5.41. The van der Waals surface area contributed by atoms with Crippen LogP contribution in [-0.4, -0.2) is 19.6 Å². The molecule has 1 aromatic heterocycles. The molecule has 2 heterocycles. The fourth-order valence-corrected chi connectivity index (χ4v) is 4.23. The van der Waals surface area contributed by atoms with Gasteiger partial charge in [0, 0.05) is 18.0 Å². The second kappa shape index (κ2) is 7.41. The SMILES string of the molecule is CCCC1(CNCc2sccc2CC)CCNCC1. The van der Waals surface area contributed by atoms with Crippen LogP contribution in [0.4, 0.5) is 0 Å². The fourth-order valence-electron chi connectivity index (χ4n) is 3.28. The number of aryl methyl sites for hydroxylation is 1. The van der Waals surface area contributed by atoms with Crippen molar-refractivity contribution in [3.05, 3.63) is 21.9 Å². The van der Waals surface area contributed by atoms with Crippen LogP contribution in [0.15, 0.2) is 11.4 Å². The van der Waals surface area contributed by atoms with Gasteiger partial charge in [-0.25, -0.2) is 0 Å². The van der Waals surface area contributed by atoms with Crippen molar-refractivity contribution >= 4 is 11.3 Å². The van der Waals surface area contributed by atoms with Crippen LogP contribution in [0.2, 0.25) is 0 Å². The van der Waals surface area contributed by atoms with Gasteiger partial charge in [-0.05, 0) is 61.2 Å². The van der Waals surface area contributed by atoms with Crippen LogP contribution in [0.3, 0.4) is 0 Å². The Labute approximate surface area is 122 Å². The lowest BCUT2D eigenvalue weighted by atomic mass is 9.75. The van der Waals surface area contributed by atoms with Gasteiger partial charge in [-0.15, -0.1) is 11.3 Å². The Kier molecular flexibility index (Phi) is 5.86. The molecule has 3 heteroatoms. The number of rotatable bonds is 7. The van der Waals surface area contributed by atoms with Gasteiger partial charge in [0.05, 0.1) is 0 Å². The Bertz CT molecular complexity index is 361. The zero-order chi connectivity index (χ0) is 13.6. The predicted octanol–water partition coefficient (Wildman–Crippen LogP) is 3.57. The number of hydrogen-bond acceptors (Lipinski definition) is 3. The summed E-state index contributed by atoms with van der Waals surface area (Å²) < 4.78 is 0. The van der Waals surface area contributed by atoms with E-state index in [0.29, 0.717) is 5.41 Å². The number of hydrogen-bond donors (Lipinski definition) is 2. The predicted molar refractivity (Wildman–Crippen MR) is 84.8 cm³/mol. The Morgan fingerprint density at radius 2 is 2.11 bits per heavy atom. The van der Waals surface area contributed by atoms with E-state index in [1.165, 1.54) is 55.8 Å². The molecule has 1 aliphatic rings. The highest BCUT2D eigenvalue weighted by Crippen LogP contribution is 2.33. The standard InChI is InChI=1S/C16H28N2S/c1-3-6-16(7-9-17-10-8-16)13-18-12-15-14(4-2)5-11-19-15/h5,11,17-18H,3-4,6-10,12-13H2,1-2H3. The molecule has 0 unspecified atom stereocenters. The van der Waals surface area contributed by atoms with Crippen molar-refractivity contribution in [1.29, 1.82) is 0 Å². The van der Waals surface area contributed by atoms with Crippen molar-refractivity contribution in [3.8, 4) is 0 Å². The van der Waals surface area contributed by atoms with Gasteiger partial charge < -0.3 is 10.6 Å². The third-order valence-electron chi connectivity index (χ3n) is 4.45. The number of thiophene rings is 1. The molecule has 2 nitrogen and oxygen atoms in total. The minimum Gasteiger partial charge on any atom is -0.317 e. The summed E-state index contributed by atoms with van der Waals surface area (Å²) in [7, 11) is 0. The highest BCUT2D eigenvalue weighted by molar-refractivity contribution is 7.10. The summed E-state index contributed by atoms with van der Waals surface area (Å²) in [4.78, 5) is 1.53. The molecule has 2 rings (SSSR count). The monoisotopic (exact) mass is 280 g/mol. The van der Waals surface area contributed by atoms with Crippen LogP contribution in [0.1, 0.15) is 50.0 Å². The third kappa shape index (κ3) is 4.04. The Morgan fingerprint density at radius 1 is 1.32 bits per heavy atom. The van der Waals surface area contributed by atoms with Crippen molar-refractivity contribution in [2.75, 3.05) is 19.6 Å². The summed E-state index contributed by atoms with van der Waals surface area (Å²) in [6.45, 7) is 9.19. The summed E-state index contributed by atoms with van der Waals surface area (Å²) in [6, 6.07) is 2.27. The van der Waals surface area contributed by atoms with Crippen LogP contribution in [0, 0.1) is 5.41 Å². The first-order valence-electron chi connectivity index (χ1n) is 7.76. The van der Waals surface area contributed by atoms with E-state index in [-0.39, 0.29) is 0 Å². The molecule has 1 saturated heterocycles. The van der Waals surface area contributed by atoms with E-state index in [9.17, 15) is 0 Å². The molecule has 0 amide bonds. The molecule has 19 heavy (non-hydrogen) atoms. The van der Waals surface area contributed by atoms with E-state index in [4.69, 9.17) is 0 Å². The van der Waals surface area contributed by atoms with Gasteiger partial charge >= 0.3 is 0 Å². The maximum absolute atomic E-state index is 3.74. The lowest BCUT2D eigenvalue weighted by molar-refractivity contribution is 0.176. The van der Waals surface area contributed by atoms with Crippen molar-refractivity contribution in [2.45, 2.75) is 52.5 Å². The van der Waals surface area contributed by atoms with E-state index >= 15 is 0 Å². The van der Waals surface area contributed by atoms with E-state index in [0.717, 1.165) is 13.0 Å². The summed E-state index contributed by atoms with van der Waals surface area (Å²) in [5.74, 6) is 0. The zero-order valence-corrected chi connectivity index (χ0v) is 13.2. The molecule has 0 bridgehead atoms. The lowest BCUT2D eigenvalue weighted by Crippen LogP contribution is -2.43. The summed E-state index contributed by atoms with van der Waals surface area (Å²) in [5, 5.41) is 9.46. The van der Waals surface area contributed by atoms with E-state index in [1.54, 1.807) is 0 Å². The van der Waals surface area contributed by atoms with E-state index < -0.39 is 0 Å². The average Bonchev–Trinajstić information content (AvgIpc) is 2.88. The van der Waals surface area contributed by atoms with Crippen LogP contribution in [-0.2, 0) is 13.0 Å². The number of piperidine rings is 1.